The Labute approximate surface area is 512 Å². The molecule has 6 nitrogen and oxygen atoms in total. The lowest BCUT2D eigenvalue weighted by Crippen LogP contribution is -2.30. The van der Waals surface area contributed by atoms with E-state index in [0.717, 1.165) is 135 Å². The van der Waals surface area contributed by atoms with Crippen molar-refractivity contribution in [3.05, 3.63) is 146 Å². The van der Waals surface area contributed by atoms with E-state index in [-0.39, 0.29) is 31.1 Å². The second-order valence-corrected chi connectivity index (χ2v) is 22.3. The van der Waals surface area contributed by atoms with E-state index in [1.807, 2.05) is 0 Å². The van der Waals surface area contributed by atoms with Crippen LogP contribution < -0.4 is 0 Å². The highest BCUT2D eigenvalue weighted by molar-refractivity contribution is 5.71. The SMILES string of the molecule is CC/C=C\C/C=C\C/C=C\C/C=C\C/C=C\C/C=C\C/C=C\C/C=C\CCCCC(=O)OCC(COC(=O)CCCCCCC/C=C\CCCCCCCC)OC(=O)CCCCCCCCCC/C=C\C/C=C\C/C=C\CCCCCCC. The third kappa shape index (κ3) is 68.0. The van der Waals surface area contributed by atoms with Gasteiger partial charge in [0.2, 0.25) is 0 Å². The van der Waals surface area contributed by atoms with Gasteiger partial charge in [-0.25, -0.2) is 0 Å². The summed E-state index contributed by atoms with van der Waals surface area (Å²) in [6.45, 7) is 6.47. The predicted molar refractivity (Wildman–Crippen MR) is 362 cm³/mol. The highest BCUT2D eigenvalue weighted by Crippen LogP contribution is 2.15. The Morgan fingerprint density at radius 3 is 0.771 bits per heavy atom. The molecule has 0 saturated carbocycles. The Kier molecular flexibility index (Phi) is 65.8. The number of carbonyl (C=O) groups excluding carboxylic acids is 3. The van der Waals surface area contributed by atoms with Gasteiger partial charge in [-0.2, -0.15) is 0 Å². The van der Waals surface area contributed by atoms with Crippen LogP contribution in [0.1, 0.15) is 303 Å². The molecule has 1 atom stereocenters. The van der Waals surface area contributed by atoms with Gasteiger partial charge < -0.3 is 14.2 Å². The molecule has 0 N–H and O–H groups in total. The number of ether oxygens (including phenoxy) is 3. The van der Waals surface area contributed by atoms with E-state index in [2.05, 4.69) is 167 Å². The summed E-state index contributed by atoms with van der Waals surface area (Å²) >= 11 is 0. The molecule has 1 unspecified atom stereocenters. The Morgan fingerprint density at radius 1 is 0.253 bits per heavy atom. The molecule has 0 aromatic rings. The standard InChI is InChI=1S/C77H126O6/c1-4-7-10-13-16-19-22-25-28-30-32-34-36-37-38-39-41-42-44-46-49-52-55-58-61-64-67-70-76(79)82-73-74(72-81-75(78)69-66-63-60-57-54-51-48-27-24-21-18-15-12-9-6-3)83-77(80)71-68-65-62-59-56-53-50-47-45-43-40-35-33-31-29-26-23-20-17-14-11-8-5-2/h7,10,16,19,23,25-28,31-34,37-38,40-43,46,48-49,55,58,74H,4-6,8-9,11-15,17-18,20-22,24,29-30,35-36,39,44-45,47,50-54,56-57,59-73H2,1-3H3/b10-7-,19-16-,26-23-,28-25-,33-31-,34-32-,38-37-,42-41-,43-40-,48-27-,49-46-,58-55-. The van der Waals surface area contributed by atoms with Crippen LogP contribution in [0.2, 0.25) is 0 Å². The average Bonchev–Trinajstić information content (AvgIpc) is 3.49. The molecule has 0 aliphatic carbocycles. The van der Waals surface area contributed by atoms with Crippen molar-refractivity contribution in [2.24, 2.45) is 0 Å². The average molecular weight is 1150 g/mol. The lowest BCUT2D eigenvalue weighted by atomic mass is 10.1. The molecule has 0 aliphatic heterocycles. The molecule has 0 radical (unpaired) electrons. The second kappa shape index (κ2) is 69.8. The summed E-state index contributed by atoms with van der Waals surface area (Å²) in [7, 11) is 0. The van der Waals surface area contributed by atoms with Gasteiger partial charge in [0.05, 0.1) is 0 Å². The van der Waals surface area contributed by atoms with E-state index in [1.165, 1.54) is 122 Å². The van der Waals surface area contributed by atoms with Crippen LogP contribution in [0.5, 0.6) is 0 Å². The maximum atomic E-state index is 13.0. The third-order valence-electron chi connectivity index (χ3n) is 14.3. The topological polar surface area (TPSA) is 78.9 Å². The highest BCUT2D eigenvalue weighted by atomic mass is 16.6. The van der Waals surface area contributed by atoms with Crippen molar-refractivity contribution >= 4 is 17.9 Å². The normalized spacial score (nSPS) is 13.0. The van der Waals surface area contributed by atoms with E-state index in [0.29, 0.717) is 25.7 Å². The Bertz CT molecular complexity index is 1800. The zero-order valence-electron chi connectivity index (χ0n) is 53.9. The van der Waals surface area contributed by atoms with Gasteiger partial charge >= 0.3 is 17.9 Å². The quantitative estimate of drug-likeness (QED) is 0.0261. The fourth-order valence-electron chi connectivity index (χ4n) is 9.17. The summed E-state index contributed by atoms with van der Waals surface area (Å²) in [6.07, 6.45) is 100.0. The molecule has 0 bridgehead atoms. The maximum Gasteiger partial charge on any atom is 0.306 e. The summed E-state index contributed by atoms with van der Waals surface area (Å²) in [5, 5.41) is 0. The van der Waals surface area contributed by atoms with E-state index in [1.54, 1.807) is 0 Å². The van der Waals surface area contributed by atoms with Gasteiger partial charge in [0, 0.05) is 19.3 Å². The summed E-state index contributed by atoms with van der Waals surface area (Å²) < 4.78 is 16.9. The number of allylic oxidation sites excluding steroid dienone is 24. The smallest absolute Gasteiger partial charge is 0.306 e. The van der Waals surface area contributed by atoms with Crippen LogP contribution in [0, 0.1) is 0 Å². The first-order chi connectivity index (χ1) is 41.0. The van der Waals surface area contributed by atoms with E-state index < -0.39 is 6.10 Å². The summed E-state index contributed by atoms with van der Waals surface area (Å²) in [6, 6.07) is 0. The first-order valence-corrected chi connectivity index (χ1v) is 34.3. The second-order valence-electron chi connectivity index (χ2n) is 22.3. The molecule has 6 heteroatoms. The van der Waals surface area contributed by atoms with Gasteiger partial charge in [-0.3, -0.25) is 14.4 Å². The fourth-order valence-corrected chi connectivity index (χ4v) is 9.17. The molecule has 0 spiro atoms. The third-order valence-corrected chi connectivity index (χ3v) is 14.3. The lowest BCUT2D eigenvalue weighted by molar-refractivity contribution is -0.167. The van der Waals surface area contributed by atoms with Crippen LogP contribution in [0.25, 0.3) is 0 Å². The zero-order valence-corrected chi connectivity index (χ0v) is 53.9. The van der Waals surface area contributed by atoms with Crippen molar-refractivity contribution in [1.29, 1.82) is 0 Å². The van der Waals surface area contributed by atoms with Crippen LogP contribution in [0.15, 0.2) is 146 Å². The van der Waals surface area contributed by atoms with Crippen LogP contribution in [0.3, 0.4) is 0 Å². The molecule has 0 aromatic carbocycles. The first-order valence-electron chi connectivity index (χ1n) is 34.3. The molecule has 0 amide bonds. The Hall–Kier alpha value is -4.71. The Morgan fingerprint density at radius 2 is 0.470 bits per heavy atom. The first kappa shape index (κ1) is 78.3. The van der Waals surface area contributed by atoms with E-state index in [4.69, 9.17) is 14.2 Å². The largest absolute Gasteiger partial charge is 0.462 e. The number of esters is 3. The summed E-state index contributed by atoms with van der Waals surface area (Å²) in [5.74, 6) is -0.961. The van der Waals surface area contributed by atoms with E-state index >= 15 is 0 Å². The van der Waals surface area contributed by atoms with Crippen molar-refractivity contribution in [2.45, 2.75) is 309 Å². The molecule has 0 fully saturated rings. The van der Waals surface area contributed by atoms with Crippen LogP contribution in [0.4, 0.5) is 0 Å². The monoisotopic (exact) mass is 1150 g/mol. The van der Waals surface area contributed by atoms with Crippen molar-refractivity contribution in [3.8, 4) is 0 Å². The van der Waals surface area contributed by atoms with Crippen LogP contribution in [-0.2, 0) is 28.6 Å². The number of hydrogen-bond donors (Lipinski definition) is 0. The van der Waals surface area contributed by atoms with Gasteiger partial charge in [0.25, 0.3) is 0 Å². The maximum absolute atomic E-state index is 13.0. The molecule has 0 aromatic heterocycles. The lowest BCUT2D eigenvalue weighted by Gasteiger charge is -2.18. The summed E-state index contributed by atoms with van der Waals surface area (Å²) in [5.41, 5.74) is 0. The minimum Gasteiger partial charge on any atom is -0.462 e. The number of unbranched alkanes of at least 4 members (excludes halogenated alkanes) is 26. The van der Waals surface area contributed by atoms with Crippen LogP contribution in [-0.4, -0.2) is 37.2 Å². The fraction of sp³-hybridized carbons (Fsp3) is 0.649. The van der Waals surface area contributed by atoms with Gasteiger partial charge in [0.15, 0.2) is 6.10 Å². The molecule has 0 heterocycles. The van der Waals surface area contributed by atoms with Crippen molar-refractivity contribution in [2.75, 3.05) is 13.2 Å². The molecule has 470 valence electrons. The van der Waals surface area contributed by atoms with E-state index in [9.17, 15) is 14.4 Å². The molecular weight excluding hydrogens is 1020 g/mol. The number of rotatable bonds is 61. The molecule has 83 heavy (non-hydrogen) atoms. The zero-order chi connectivity index (χ0) is 59.9. The van der Waals surface area contributed by atoms with Gasteiger partial charge in [0.1, 0.15) is 13.2 Å². The molecule has 0 saturated heterocycles. The predicted octanol–water partition coefficient (Wildman–Crippen LogP) is 23.9. The molecule has 0 rings (SSSR count). The molecular formula is C77H126O6. The Balaban J connectivity index is 4.48. The summed E-state index contributed by atoms with van der Waals surface area (Å²) in [4.78, 5) is 38.4. The minimum atomic E-state index is -0.812. The van der Waals surface area contributed by atoms with Gasteiger partial charge in [-0.05, 0) is 148 Å². The highest BCUT2D eigenvalue weighted by Gasteiger charge is 2.19. The van der Waals surface area contributed by atoms with Crippen LogP contribution >= 0.6 is 0 Å². The van der Waals surface area contributed by atoms with Crippen molar-refractivity contribution < 1.29 is 28.6 Å². The van der Waals surface area contributed by atoms with Gasteiger partial charge in [-0.15, -0.1) is 0 Å². The van der Waals surface area contributed by atoms with Crippen molar-refractivity contribution in [1.82, 2.24) is 0 Å². The van der Waals surface area contributed by atoms with Gasteiger partial charge in [-0.1, -0.05) is 282 Å². The van der Waals surface area contributed by atoms with Crippen molar-refractivity contribution in [3.63, 3.8) is 0 Å². The number of carbonyl (C=O) groups is 3. The number of hydrogen-bond acceptors (Lipinski definition) is 6. The molecule has 0 aliphatic rings. The minimum absolute atomic E-state index is 0.104.